The van der Waals surface area contributed by atoms with Gasteiger partial charge in [-0.25, -0.2) is 0 Å². The van der Waals surface area contributed by atoms with Crippen LogP contribution in [0.3, 0.4) is 0 Å². The van der Waals surface area contributed by atoms with Gasteiger partial charge in [0.25, 0.3) is 0 Å². The van der Waals surface area contributed by atoms with Crippen molar-refractivity contribution >= 4 is 0 Å². The van der Waals surface area contributed by atoms with Crippen molar-refractivity contribution in [3.63, 3.8) is 0 Å². The number of hydrogen-bond acceptors (Lipinski definition) is 5. The van der Waals surface area contributed by atoms with Crippen molar-refractivity contribution < 1.29 is 9.66 Å². The Kier molecular flexibility index (Phi) is 3.73. The smallest absolute Gasteiger partial charge is 0.312 e. The Morgan fingerprint density at radius 3 is 2.56 bits per heavy atom. The Labute approximate surface area is 95.3 Å². The van der Waals surface area contributed by atoms with Gasteiger partial charge in [-0.05, 0) is 13.5 Å². The van der Waals surface area contributed by atoms with Gasteiger partial charge in [0.05, 0.1) is 11.0 Å². The fraction of sp³-hybridized carbons (Fsp3) is 1.00. The van der Waals surface area contributed by atoms with Gasteiger partial charge in [-0.3, -0.25) is 15.0 Å². The van der Waals surface area contributed by atoms with Crippen molar-refractivity contribution in [2.45, 2.75) is 25.2 Å². The van der Waals surface area contributed by atoms with Crippen LogP contribution in [0.1, 0.15) is 12.8 Å². The minimum atomic E-state index is -0.766. The Hall–Kier alpha value is -0.720. The molecule has 0 saturated carbocycles. The molecule has 0 aromatic heterocycles. The van der Waals surface area contributed by atoms with Crippen LogP contribution in [0.25, 0.3) is 0 Å². The highest BCUT2D eigenvalue weighted by molar-refractivity contribution is 4.76. The molecule has 6 heteroatoms. The van der Waals surface area contributed by atoms with Crippen molar-refractivity contribution in [3.05, 3.63) is 10.1 Å². The number of hydrogen-bond donors (Lipinski definition) is 0. The number of ether oxygens (including phenoxy) is 1. The fourth-order valence-electron chi connectivity index (χ4n) is 2.29. The molecule has 6 nitrogen and oxygen atoms in total. The third-order valence-electron chi connectivity index (χ3n) is 3.38. The van der Waals surface area contributed by atoms with Gasteiger partial charge in [0, 0.05) is 39.1 Å². The highest BCUT2D eigenvalue weighted by Gasteiger charge is 2.34. The van der Waals surface area contributed by atoms with Crippen LogP contribution in [-0.4, -0.2) is 66.8 Å². The molecule has 2 rings (SSSR count). The highest BCUT2D eigenvalue weighted by Crippen LogP contribution is 2.21. The summed E-state index contributed by atoms with van der Waals surface area (Å²) >= 11 is 0. The molecular weight excluding hydrogens is 210 g/mol. The molecular formula is C10H19N3O3. The predicted octanol–water partition coefficient (Wildman–Crippen LogP) is 0.0156. The molecule has 0 aliphatic carbocycles. The summed E-state index contributed by atoms with van der Waals surface area (Å²) in [4.78, 5) is 14.9. The second-order valence-corrected chi connectivity index (χ2v) is 4.68. The third kappa shape index (κ3) is 2.90. The van der Waals surface area contributed by atoms with E-state index in [1.807, 2.05) is 0 Å². The van der Waals surface area contributed by atoms with E-state index in [9.17, 15) is 10.1 Å². The molecule has 2 unspecified atom stereocenters. The molecule has 2 fully saturated rings. The Morgan fingerprint density at radius 1 is 1.31 bits per heavy atom. The molecule has 0 bridgehead atoms. The van der Waals surface area contributed by atoms with Gasteiger partial charge in [0.1, 0.15) is 0 Å². The molecule has 16 heavy (non-hydrogen) atoms. The van der Waals surface area contributed by atoms with E-state index in [1.165, 1.54) is 0 Å². The number of nitrogens with zero attached hydrogens (tertiary/aromatic N) is 3. The summed E-state index contributed by atoms with van der Waals surface area (Å²) < 4.78 is 5.40. The lowest BCUT2D eigenvalue weighted by atomic mass is 10.2. The number of nitro groups is 1. The summed E-state index contributed by atoms with van der Waals surface area (Å²) in [6, 6.07) is 0. The van der Waals surface area contributed by atoms with E-state index in [4.69, 9.17) is 4.74 Å². The van der Waals surface area contributed by atoms with Crippen molar-refractivity contribution in [2.24, 2.45) is 0 Å². The van der Waals surface area contributed by atoms with Gasteiger partial charge in [-0.1, -0.05) is 0 Å². The maximum absolute atomic E-state index is 10.5. The summed E-state index contributed by atoms with van der Waals surface area (Å²) in [5.41, 5.74) is 0. The van der Waals surface area contributed by atoms with E-state index in [-0.39, 0.29) is 11.0 Å². The van der Waals surface area contributed by atoms with Gasteiger partial charge in [0.15, 0.2) is 0 Å². The molecule has 0 amide bonds. The Balaban J connectivity index is 1.73. The normalized spacial score (nSPS) is 33.1. The van der Waals surface area contributed by atoms with E-state index in [0.717, 1.165) is 39.1 Å². The maximum Gasteiger partial charge on any atom is 0.315 e. The number of likely N-dealkylation sites (N-methyl/N-ethyl adjacent to an activating group) is 1. The van der Waals surface area contributed by atoms with Gasteiger partial charge < -0.3 is 9.64 Å². The lowest BCUT2D eigenvalue weighted by molar-refractivity contribution is -0.571. The molecule has 92 valence electrons. The molecule has 0 aromatic carbocycles. The van der Waals surface area contributed by atoms with Gasteiger partial charge >= 0.3 is 6.23 Å². The zero-order valence-corrected chi connectivity index (χ0v) is 9.67. The quantitative estimate of drug-likeness (QED) is 0.504. The van der Waals surface area contributed by atoms with E-state index in [1.54, 1.807) is 0 Å². The van der Waals surface area contributed by atoms with Crippen LogP contribution in [0.4, 0.5) is 0 Å². The Morgan fingerprint density at radius 2 is 2.00 bits per heavy atom. The van der Waals surface area contributed by atoms with Gasteiger partial charge in [0.2, 0.25) is 0 Å². The van der Waals surface area contributed by atoms with Crippen molar-refractivity contribution in [1.82, 2.24) is 9.80 Å². The monoisotopic (exact) mass is 229 g/mol. The summed E-state index contributed by atoms with van der Waals surface area (Å²) in [6.07, 6.45) is 0.667. The van der Waals surface area contributed by atoms with Crippen LogP contribution in [0.2, 0.25) is 0 Å². The molecule has 0 N–H and O–H groups in total. The summed E-state index contributed by atoms with van der Waals surface area (Å²) in [5, 5.41) is 10.5. The summed E-state index contributed by atoms with van der Waals surface area (Å²) in [5.74, 6) is 0. The molecule has 2 heterocycles. The van der Waals surface area contributed by atoms with Crippen LogP contribution < -0.4 is 0 Å². The first kappa shape index (κ1) is 11.8. The molecule has 0 aromatic rings. The van der Waals surface area contributed by atoms with Crippen LogP contribution in [-0.2, 0) is 4.74 Å². The van der Waals surface area contributed by atoms with E-state index < -0.39 is 6.23 Å². The zero-order chi connectivity index (χ0) is 11.5. The average Bonchev–Trinajstić information content (AvgIpc) is 2.70. The van der Waals surface area contributed by atoms with Crippen LogP contribution in [0, 0.1) is 10.1 Å². The van der Waals surface area contributed by atoms with E-state index in [2.05, 4.69) is 16.8 Å². The molecule has 0 radical (unpaired) electrons. The molecule has 2 aliphatic heterocycles. The SMILES string of the molecule is CN1CCN(CC2CCC([N+](=O)[O-])O2)CC1. The van der Waals surface area contributed by atoms with E-state index >= 15 is 0 Å². The van der Waals surface area contributed by atoms with Crippen molar-refractivity contribution in [3.8, 4) is 0 Å². The van der Waals surface area contributed by atoms with Gasteiger partial charge in [-0.15, -0.1) is 0 Å². The molecule has 2 atom stereocenters. The average molecular weight is 229 g/mol. The van der Waals surface area contributed by atoms with Crippen molar-refractivity contribution in [2.75, 3.05) is 39.8 Å². The first-order valence-electron chi connectivity index (χ1n) is 5.85. The van der Waals surface area contributed by atoms with Crippen molar-refractivity contribution in [1.29, 1.82) is 0 Å². The molecule has 2 aliphatic rings. The lowest BCUT2D eigenvalue weighted by Crippen LogP contribution is -2.47. The summed E-state index contributed by atoms with van der Waals surface area (Å²) in [6.45, 7) is 5.08. The van der Waals surface area contributed by atoms with Gasteiger partial charge in [-0.2, -0.15) is 0 Å². The van der Waals surface area contributed by atoms with Crippen LogP contribution in [0.5, 0.6) is 0 Å². The second kappa shape index (κ2) is 5.07. The number of rotatable bonds is 3. The second-order valence-electron chi connectivity index (χ2n) is 4.68. The van der Waals surface area contributed by atoms with E-state index in [0.29, 0.717) is 6.42 Å². The van der Waals surface area contributed by atoms with Crippen LogP contribution in [0.15, 0.2) is 0 Å². The number of piperazine rings is 1. The summed E-state index contributed by atoms with van der Waals surface area (Å²) in [7, 11) is 2.12. The minimum absolute atomic E-state index is 0.0545. The third-order valence-corrected chi connectivity index (χ3v) is 3.38. The minimum Gasteiger partial charge on any atom is -0.312 e. The molecule has 2 saturated heterocycles. The largest absolute Gasteiger partial charge is 0.315 e. The van der Waals surface area contributed by atoms with Crippen LogP contribution >= 0.6 is 0 Å². The fourth-order valence-corrected chi connectivity index (χ4v) is 2.29. The first-order chi connectivity index (χ1) is 7.65. The topological polar surface area (TPSA) is 58.9 Å². The lowest BCUT2D eigenvalue weighted by Gasteiger charge is -2.33. The zero-order valence-electron chi connectivity index (χ0n) is 9.67. The Bertz CT molecular complexity index is 254. The highest BCUT2D eigenvalue weighted by atomic mass is 16.7. The first-order valence-corrected chi connectivity index (χ1v) is 5.85. The maximum atomic E-state index is 10.5. The molecule has 0 spiro atoms. The predicted molar refractivity (Wildman–Crippen MR) is 58.8 cm³/mol. The standard InChI is InChI=1S/C10H19N3O3/c1-11-4-6-12(7-5-11)8-9-2-3-10(16-9)13(14)15/h9-10H,2-8H2,1H3.